The Labute approximate surface area is 159 Å². The van der Waals surface area contributed by atoms with Crippen molar-refractivity contribution < 1.29 is 18.7 Å². The molecule has 6 nitrogen and oxygen atoms in total. The van der Waals surface area contributed by atoms with Gasteiger partial charge in [0.25, 0.3) is 5.91 Å². The molecule has 1 spiro atoms. The van der Waals surface area contributed by atoms with Gasteiger partial charge in [-0.15, -0.1) is 0 Å². The summed E-state index contributed by atoms with van der Waals surface area (Å²) in [5, 5.41) is 5.71. The Hall–Kier alpha value is -2.31. The minimum atomic E-state index is -0.491. The van der Waals surface area contributed by atoms with Gasteiger partial charge in [0.15, 0.2) is 0 Å². The van der Waals surface area contributed by atoms with E-state index in [0.717, 1.165) is 19.3 Å². The summed E-state index contributed by atoms with van der Waals surface area (Å²) in [5.41, 5.74) is 0.320. The molecule has 1 saturated carbocycles. The van der Waals surface area contributed by atoms with Gasteiger partial charge in [0.2, 0.25) is 0 Å². The number of amides is 2. The van der Waals surface area contributed by atoms with Crippen molar-refractivity contribution >= 4 is 17.7 Å². The van der Waals surface area contributed by atoms with Crippen molar-refractivity contribution in [2.45, 2.75) is 51.7 Å². The molecule has 3 rings (SSSR count). The molecule has 2 N–H and O–H groups in total. The molecule has 0 radical (unpaired) electrons. The number of nitrogens with one attached hydrogen (secondary N) is 2. The maximum absolute atomic E-state index is 14.2. The lowest BCUT2D eigenvalue weighted by Crippen LogP contribution is -2.47. The minimum absolute atomic E-state index is 0.104. The van der Waals surface area contributed by atoms with Crippen molar-refractivity contribution in [3.63, 3.8) is 0 Å². The lowest BCUT2D eigenvalue weighted by atomic mass is 9.65. The Bertz CT molecular complexity index is 738. The Morgan fingerprint density at radius 2 is 2.00 bits per heavy atom. The average molecular weight is 377 g/mol. The van der Waals surface area contributed by atoms with E-state index in [1.165, 1.54) is 13.1 Å². The van der Waals surface area contributed by atoms with Gasteiger partial charge in [-0.1, -0.05) is 0 Å². The molecule has 0 atom stereocenters. The van der Waals surface area contributed by atoms with Crippen LogP contribution in [0.2, 0.25) is 0 Å². The highest BCUT2D eigenvalue weighted by molar-refractivity contribution is 5.94. The fourth-order valence-electron chi connectivity index (χ4n) is 3.98. The van der Waals surface area contributed by atoms with Crippen molar-refractivity contribution in [3.8, 4) is 0 Å². The van der Waals surface area contributed by atoms with Gasteiger partial charge in [-0.3, -0.25) is 4.79 Å². The molecule has 2 amide bonds. The number of rotatable bonds is 3. The molecule has 0 bridgehead atoms. The number of halogens is 1. The second kappa shape index (κ2) is 7.02. The zero-order valence-electron chi connectivity index (χ0n) is 16.4. The number of likely N-dealkylation sites (tertiary alicyclic amines) is 1. The van der Waals surface area contributed by atoms with Crippen LogP contribution in [0.5, 0.6) is 0 Å². The number of benzene rings is 1. The molecule has 1 aliphatic heterocycles. The number of nitrogens with zero attached hydrogens (tertiary/aromatic N) is 1. The Kier molecular flexibility index (Phi) is 5.06. The Morgan fingerprint density at radius 1 is 1.30 bits per heavy atom. The molecule has 2 aliphatic rings. The molecule has 1 aliphatic carbocycles. The van der Waals surface area contributed by atoms with Gasteiger partial charge in [0.1, 0.15) is 11.4 Å². The number of carbonyl (C=O) groups excluding carboxylic acids is 2. The first-order valence-corrected chi connectivity index (χ1v) is 9.37. The van der Waals surface area contributed by atoms with E-state index in [9.17, 15) is 14.0 Å². The van der Waals surface area contributed by atoms with Crippen LogP contribution < -0.4 is 10.6 Å². The zero-order chi connectivity index (χ0) is 19.8. The van der Waals surface area contributed by atoms with E-state index in [4.69, 9.17) is 4.74 Å². The van der Waals surface area contributed by atoms with Gasteiger partial charge in [-0.2, -0.15) is 0 Å². The highest BCUT2D eigenvalue weighted by Crippen LogP contribution is 2.49. The van der Waals surface area contributed by atoms with Crippen LogP contribution in [-0.2, 0) is 4.74 Å². The molecule has 1 aromatic carbocycles. The molecular weight excluding hydrogens is 349 g/mol. The van der Waals surface area contributed by atoms with Crippen LogP contribution in [0.3, 0.4) is 0 Å². The topological polar surface area (TPSA) is 70.7 Å². The van der Waals surface area contributed by atoms with E-state index in [1.54, 1.807) is 17.0 Å². The quantitative estimate of drug-likeness (QED) is 0.847. The SMILES string of the molecule is CNC(=O)c1ccc(NC2CC3(CCN(C(=O)OC(C)(C)C)C3)C2)c(F)c1. The van der Waals surface area contributed by atoms with E-state index in [2.05, 4.69) is 10.6 Å². The molecule has 27 heavy (non-hydrogen) atoms. The number of carbonyl (C=O) groups is 2. The van der Waals surface area contributed by atoms with Crippen LogP contribution in [-0.4, -0.2) is 48.7 Å². The maximum Gasteiger partial charge on any atom is 0.410 e. The largest absolute Gasteiger partial charge is 0.444 e. The minimum Gasteiger partial charge on any atom is -0.444 e. The van der Waals surface area contributed by atoms with Gasteiger partial charge >= 0.3 is 6.09 Å². The van der Waals surface area contributed by atoms with Crippen LogP contribution in [0.15, 0.2) is 18.2 Å². The molecule has 1 saturated heterocycles. The fourth-order valence-corrected chi connectivity index (χ4v) is 3.98. The first-order chi connectivity index (χ1) is 12.6. The van der Waals surface area contributed by atoms with Crippen molar-refractivity contribution in [2.24, 2.45) is 5.41 Å². The van der Waals surface area contributed by atoms with E-state index in [1.807, 2.05) is 20.8 Å². The molecule has 1 heterocycles. The van der Waals surface area contributed by atoms with Crippen LogP contribution in [0.25, 0.3) is 0 Å². The predicted octanol–water partition coefficient (Wildman–Crippen LogP) is 3.39. The molecule has 1 aromatic rings. The zero-order valence-corrected chi connectivity index (χ0v) is 16.4. The van der Waals surface area contributed by atoms with E-state index in [-0.39, 0.29) is 23.5 Å². The normalized spacial score (nSPS) is 24.5. The highest BCUT2D eigenvalue weighted by atomic mass is 19.1. The Morgan fingerprint density at radius 3 is 2.59 bits per heavy atom. The van der Waals surface area contributed by atoms with Crippen molar-refractivity contribution in [2.75, 3.05) is 25.5 Å². The second-order valence-electron chi connectivity index (χ2n) is 8.68. The van der Waals surface area contributed by atoms with Gasteiger partial charge < -0.3 is 20.3 Å². The molecule has 0 aromatic heterocycles. The highest BCUT2D eigenvalue weighted by Gasteiger charge is 2.50. The third-order valence-corrected chi connectivity index (χ3v) is 5.27. The monoisotopic (exact) mass is 377 g/mol. The number of anilines is 1. The summed E-state index contributed by atoms with van der Waals surface area (Å²) in [4.78, 5) is 25.6. The van der Waals surface area contributed by atoms with Gasteiger partial charge in [0, 0.05) is 31.7 Å². The van der Waals surface area contributed by atoms with Crippen LogP contribution in [0.1, 0.15) is 50.4 Å². The third-order valence-electron chi connectivity index (χ3n) is 5.27. The van der Waals surface area contributed by atoms with Gasteiger partial charge in [-0.05, 0) is 63.6 Å². The molecule has 7 heteroatoms. The summed E-state index contributed by atoms with van der Waals surface area (Å²) in [6.07, 6.45) is 2.47. The number of hydrogen-bond acceptors (Lipinski definition) is 4. The Balaban J connectivity index is 1.53. The number of ether oxygens (including phenoxy) is 1. The fraction of sp³-hybridized carbons (Fsp3) is 0.600. The van der Waals surface area contributed by atoms with Gasteiger partial charge in [-0.25, -0.2) is 9.18 Å². The van der Waals surface area contributed by atoms with Crippen LogP contribution >= 0.6 is 0 Å². The van der Waals surface area contributed by atoms with Crippen LogP contribution in [0, 0.1) is 11.2 Å². The van der Waals surface area contributed by atoms with E-state index < -0.39 is 11.4 Å². The molecule has 148 valence electrons. The number of hydrogen-bond donors (Lipinski definition) is 2. The standard InChI is InChI=1S/C20H28FN3O3/c1-19(2,3)27-18(26)24-8-7-20(12-24)10-14(11-20)23-16-6-5-13(9-15(16)21)17(25)22-4/h5-6,9,14,23H,7-8,10-12H2,1-4H3,(H,22,25). The first kappa shape index (κ1) is 19.5. The second-order valence-corrected chi connectivity index (χ2v) is 8.68. The van der Waals surface area contributed by atoms with Gasteiger partial charge in [0.05, 0.1) is 5.69 Å². The molecule has 0 unspecified atom stereocenters. The first-order valence-electron chi connectivity index (χ1n) is 9.37. The summed E-state index contributed by atoms with van der Waals surface area (Å²) in [6, 6.07) is 4.63. The summed E-state index contributed by atoms with van der Waals surface area (Å²) in [6.45, 7) is 6.99. The third kappa shape index (κ3) is 4.34. The summed E-state index contributed by atoms with van der Waals surface area (Å²) in [5.74, 6) is -0.741. The predicted molar refractivity (Wildman–Crippen MR) is 101 cm³/mol. The smallest absolute Gasteiger partial charge is 0.410 e. The average Bonchev–Trinajstić information content (AvgIpc) is 2.99. The van der Waals surface area contributed by atoms with Crippen LogP contribution in [0.4, 0.5) is 14.9 Å². The van der Waals surface area contributed by atoms with E-state index >= 15 is 0 Å². The summed E-state index contributed by atoms with van der Waals surface area (Å²) >= 11 is 0. The lowest BCUT2D eigenvalue weighted by Gasteiger charge is -2.45. The van der Waals surface area contributed by atoms with Crippen molar-refractivity contribution in [3.05, 3.63) is 29.6 Å². The lowest BCUT2D eigenvalue weighted by molar-refractivity contribution is 0.0237. The van der Waals surface area contributed by atoms with Crippen molar-refractivity contribution in [1.29, 1.82) is 0 Å². The molecular formula is C20H28FN3O3. The maximum atomic E-state index is 14.2. The summed E-state index contributed by atoms with van der Waals surface area (Å²) in [7, 11) is 1.52. The van der Waals surface area contributed by atoms with Crippen molar-refractivity contribution in [1.82, 2.24) is 10.2 Å². The van der Waals surface area contributed by atoms with E-state index in [0.29, 0.717) is 24.3 Å². The summed E-state index contributed by atoms with van der Waals surface area (Å²) < 4.78 is 19.7. The molecule has 2 fully saturated rings.